The summed E-state index contributed by atoms with van der Waals surface area (Å²) >= 11 is 0. The highest BCUT2D eigenvalue weighted by Crippen LogP contribution is 2.24. The molecule has 3 heterocycles. The molecule has 1 aliphatic rings. The Balaban J connectivity index is 1.64. The van der Waals surface area contributed by atoms with Crippen molar-refractivity contribution in [2.45, 2.75) is 26.4 Å². The second-order valence-electron chi connectivity index (χ2n) is 7.45. The standard InChI is InChI=1S/C21H27N7O2/c1-4-22-21(29)24-16-7-5-15(6-8-16)20-25-17-11-23-27(3)19(17)18(26-20)12-28-9-10-30-13-14(28)2/h5-8,11,14H,4,9-10,12-13H2,1-3H3,(H2,22,24,29)/t14-/m0/s1. The Kier molecular flexibility index (Phi) is 5.91. The number of hydrogen-bond acceptors (Lipinski definition) is 6. The number of nitrogens with one attached hydrogen (secondary N) is 2. The minimum Gasteiger partial charge on any atom is -0.379 e. The zero-order chi connectivity index (χ0) is 21.1. The minimum atomic E-state index is -0.222. The summed E-state index contributed by atoms with van der Waals surface area (Å²) in [6, 6.07) is 7.65. The van der Waals surface area contributed by atoms with Crippen molar-refractivity contribution in [1.82, 2.24) is 30.0 Å². The lowest BCUT2D eigenvalue weighted by atomic mass is 10.1. The Morgan fingerprint density at radius 3 is 2.80 bits per heavy atom. The van der Waals surface area contributed by atoms with E-state index in [1.54, 1.807) is 6.20 Å². The fourth-order valence-corrected chi connectivity index (χ4v) is 3.63. The monoisotopic (exact) mass is 409 g/mol. The van der Waals surface area contributed by atoms with Gasteiger partial charge in [0.15, 0.2) is 5.82 Å². The number of nitrogens with zero attached hydrogens (tertiary/aromatic N) is 5. The zero-order valence-electron chi connectivity index (χ0n) is 17.6. The van der Waals surface area contributed by atoms with Crippen molar-refractivity contribution < 1.29 is 9.53 Å². The smallest absolute Gasteiger partial charge is 0.319 e. The molecular formula is C21H27N7O2. The third-order valence-electron chi connectivity index (χ3n) is 5.26. The number of fused-ring (bicyclic) bond motifs is 1. The van der Waals surface area contributed by atoms with Gasteiger partial charge in [0.1, 0.15) is 11.0 Å². The zero-order valence-corrected chi connectivity index (χ0v) is 17.6. The van der Waals surface area contributed by atoms with Gasteiger partial charge in [-0.3, -0.25) is 9.58 Å². The number of amides is 2. The van der Waals surface area contributed by atoms with Crippen molar-refractivity contribution in [3.8, 4) is 11.4 Å². The van der Waals surface area contributed by atoms with E-state index in [9.17, 15) is 4.79 Å². The summed E-state index contributed by atoms with van der Waals surface area (Å²) in [5.41, 5.74) is 4.33. The second kappa shape index (κ2) is 8.76. The first-order chi connectivity index (χ1) is 14.5. The Labute approximate surface area is 175 Å². The van der Waals surface area contributed by atoms with Crippen LogP contribution in [0.25, 0.3) is 22.4 Å². The Hall–Kier alpha value is -3.04. The average Bonchev–Trinajstić information content (AvgIpc) is 3.11. The molecule has 4 rings (SSSR count). The molecule has 2 N–H and O–H groups in total. The summed E-state index contributed by atoms with van der Waals surface area (Å²) in [6.45, 7) is 7.68. The molecule has 2 aromatic heterocycles. The number of aromatic nitrogens is 4. The molecule has 1 fully saturated rings. The number of aryl methyl sites for hydroxylation is 1. The first kappa shape index (κ1) is 20.2. The number of ether oxygens (including phenoxy) is 1. The number of urea groups is 1. The van der Waals surface area contributed by atoms with Crippen LogP contribution in [0.3, 0.4) is 0 Å². The molecule has 1 aliphatic heterocycles. The van der Waals surface area contributed by atoms with Crippen molar-refractivity contribution in [2.75, 3.05) is 31.6 Å². The van der Waals surface area contributed by atoms with Gasteiger partial charge in [-0.15, -0.1) is 0 Å². The van der Waals surface area contributed by atoms with E-state index in [4.69, 9.17) is 14.7 Å². The summed E-state index contributed by atoms with van der Waals surface area (Å²) in [6.07, 6.45) is 1.78. The number of anilines is 1. The largest absolute Gasteiger partial charge is 0.379 e. The summed E-state index contributed by atoms with van der Waals surface area (Å²) in [5, 5.41) is 9.90. The van der Waals surface area contributed by atoms with Gasteiger partial charge >= 0.3 is 6.03 Å². The molecule has 0 aliphatic carbocycles. The van der Waals surface area contributed by atoms with Crippen LogP contribution in [0.1, 0.15) is 19.5 Å². The maximum absolute atomic E-state index is 11.7. The molecule has 158 valence electrons. The normalized spacial score (nSPS) is 17.2. The number of benzene rings is 1. The Morgan fingerprint density at radius 2 is 2.07 bits per heavy atom. The van der Waals surface area contributed by atoms with Gasteiger partial charge in [0.05, 0.1) is 25.1 Å². The molecule has 0 saturated carbocycles. The number of morpholine rings is 1. The molecule has 2 amide bonds. The average molecular weight is 409 g/mol. The van der Waals surface area contributed by atoms with Gasteiger partial charge in [-0.1, -0.05) is 0 Å². The number of carbonyl (C=O) groups excluding carboxylic acids is 1. The Bertz CT molecular complexity index is 1030. The molecule has 1 aromatic carbocycles. The number of hydrogen-bond donors (Lipinski definition) is 2. The maximum Gasteiger partial charge on any atom is 0.319 e. The van der Waals surface area contributed by atoms with Gasteiger partial charge < -0.3 is 15.4 Å². The fraction of sp³-hybridized carbons (Fsp3) is 0.429. The van der Waals surface area contributed by atoms with Gasteiger partial charge in [-0.05, 0) is 38.1 Å². The third kappa shape index (κ3) is 4.27. The van der Waals surface area contributed by atoms with Gasteiger partial charge in [-0.2, -0.15) is 5.10 Å². The van der Waals surface area contributed by atoms with Crippen molar-refractivity contribution in [3.05, 3.63) is 36.2 Å². The van der Waals surface area contributed by atoms with Crippen LogP contribution in [-0.4, -0.2) is 63.0 Å². The van der Waals surface area contributed by atoms with Crippen LogP contribution < -0.4 is 10.6 Å². The quantitative estimate of drug-likeness (QED) is 0.672. The van der Waals surface area contributed by atoms with E-state index >= 15 is 0 Å². The van der Waals surface area contributed by atoms with Gasteiger partial charge in [0, 0.05) is 44.0 Å². The van der Waals surface area contributed by atoms with Crippen LogP contribution in [0, 0.1) is 0 Å². The van der Waals surface area contributed by atoms with Crippen LogP contribution >= 0.6 is 0 Å². The molecule has 0 spiro atoms. The molecule has 0 radical (unpaired) electrons. The van der Waals surface area contributed by atoms with Crippen LogP contribution in [0.15, 0.2) is 30.5 Å². The summed E-state index contributed by atoms with van der Waals surface area (Å²) in [5.74, 6) is 0.649. The first-order valence-electron chi connectivity index (χ1n) is 10.2. The molecular weight excluding hydrogens is 382 g/mol. The molecule has 9 nitrogen and oxygen atoms in total. The van der Waals surface area contributed by atoms with Crippen molar-refractivity contribution in [2.24, 2.45) is 7.05 Å². The van der Waals surface area contributed by atoms with E-state index in [-0.39, 0.29) is 6.03 Å². The molecule has 1 atom stereocenters. The highest BCUT2D eigenvalue weighted by Gasteiger charge is 2.22. The van der Waals surface area contributed by atoms with Gasteiger partial charge in [0.25, 0.3) is 0 Å². The lowest BCUT2D eigenvalue weighted by molar-refractivity contribution is -0.00474. The highest BCUT2D eigenvalue weighted by atomic mass is 16.5. The van der Waals surface area contributed by atoms with E-state index in [1.165, 1.54) is 0 Å². The van der Waals surface area contributed by atoms with E-state index in [0.717, 1.165) is 47.7 Å². The molecule has 3 aromatic rings. The van der Waals surface area contributed by atoms with Crippen molar-refractivity contribution in [1.29, 1.82) is 0 Å². The van der Waals surface area contributed by atoms with Crippen LogP contribution in [0.4, 0.5) is 10.5 Å². The lowest BCUT2D eigenvalue weighted by Crippen LogP contribution is -2.43. The van der Waals surface area contributed by atoms with Gasteiger partial charge in [-0.25, -0.2) is 14.8 Å². The molecule has 1 saturated heterocycles. The van der Waals surface area contributed by atoms with E-state index in [2.05, 4.69) is 27.6 Å². The minimum absolute atomic E-state index is 0.222. The third-order valence-corrected chi connectivity index (χ3v) is 5.26. The van der Waals surface area contributed by atoms with Crippen LogP contribution in [0.5, 0.6) is 0 Å². The Morgan fingerprint density at radius 1 is 1.27 bits per heavy atom. The summed E-state index contributed by atoms with van der Waals surface area (Å²) in [4.78, 5) is 23.7. The maximum atomic E-state index is 11.7. The molecule has 0 unspecified atom stereocenters. The van der Waals surface area contributed by atoms with Gasteiger partial charge in [0.2, 0.25) is 0 Å². The molecule has 0 bridgehead atoms. The molecule has 30 heavy (non-hydrogen) atoms. The van der Waals surface area contributed by atoms with E-state index in [0.29, 0.717) is 25.0 Å². The van der Waals surface area contributed by atoms with E-state index < -0.39 is 0 Å². The summed E-state index contributed by atoms with van der Waals surface area (Å²) in [7, 11) is 1.92. The number of carbonyl (C=O) groups is 1. The first-order valence-corrected chi connectivity index (χ1v) is 10.2. The fourth-order valence-electron chi connectivity index (χ4n) is 3.63. The number of rotatable bonds is 5. The predicted octanol–water partition coefficient (Wildman–Crippen LogP) is 2.39. The van der Waals surface area contributed by atoms with E-state index in [1.807, 2.05) is 42.9 Å². The summed E-state index contributed by atoms with van der Waals surface area (Å²) < 4.78 is 7.40. The highest BCUT2D eigenvalue weighted by molar-refractivity contribution is 5.89. The van der Waals surface area contributed by atoms with Crippen LogP contribution in [-0.2, 0) is 18.3 Å². The molecule has 9 heteroatoms. The second-order valence-corrected chi connectivity index (χ2v) is 7.45. The van der Waals surface area contributed by atoms with Crippen molar-refractivity contribution >= 4 is 22.8 Å². The topological polar surface area (TPSA) is 97.2 Å². The van der Waals surface area contributed by atoms with Crippen molar-refractivity contribution in [3.63, 3.8) is 0 Å². The lowest BCUT2D eigenvalue weighted by Gasteiger charge is -2.33. The SMILES string of the molecule is CCNC(=O)Nc1ccc(-c2nc(CN3CCOC[C@@H]3C)c3c(cnn3C)n2)cc1. The predicted molar refractivity (Wildman–Crippen MR) is 115 cm³/mol. The van der Waals surface area contributed by atoms with Crippen LogP contribution in [0.2, 0.25) is 0 Å².